The van der Waals surface area contributed by atoms with Gasteiger partial charge >= 0.3 is 12.3 Å². The Kier molecular flexibility index (Phi) is 6.02. The highest BCUT2D eigenvalue weighted by atomic mass is 19.4. The molecule has 2 amide bonds. The molecule has 2 aliphatic heterocycles. The first-order chi connectivity index (χ1) is 17.1. The molecule has 3 aliphatic rings. The van der Waals surface area contributed by atoms with Crippen LogP contribution in [-0.2, 0) is 19.9 Å². The van der Waals surface area contributed by atoms with Crippen molar-refractivity contribution in [2.24, 2.45) is 11.8 Å². The molecule has 2 N–H and O–H groups in total. The number of carbonyl (C=O) groups excluding carboxylic acids is 2. The fourth-order valence-corrected chi connectivity index (χ4v) is 6.11. The molecular formula is C26H25F3N2O5. The van der Waals surface area contributed by atoms with Crippen LogP contribution in [0.25, 0.3) is 0 Å². The normalized spacial score (nSPS) is 28.9. The summed E-state index contributed by atoms with van der Waals surface area (Å²) in [6.07, 6.45) is -0.907. The number of benzene rings is 2. The molecule has 2 aromatic rings. The van der Waals surface area contributed by atoms with Crippen LogP contribution in [0, 0.1) is 11.8 Å². The molecule has 4 atom stereocenters. The van der Waals surface area contributed by atoms with Crippen LogP contribution in [0.3, 0.4) is 0 Å². The second-order valence-corrected chi connectivity index (χ2v) is 9.56. The van der Waals surface area contributed by atoms with E-state index in [9.17, 15) is 32.7 Å². The summed E-state index contributed by atoms with van der Waals surface area (Å²) >= 11 is 0. The fourth-order valence-electron chi connectivity index (χ4n) is 6.11. The standard InChI is InChI=1S/C26H25F3N2O5/c27-26(28,29)36-18-13-7-8-15(14-18)21-19-20(23(33)31(22(19)32)17-11-5-2-6-12-17)25(30-21,24(34)35)16-9-3-1-4-10-16/h1,3-4,7-10,13-14,17,19-21,30H,2,5-6,11-12H2,(H,34,35). The first kappa shape index (κ1) is 24.3. The van der Waals surface area contributed by atoms with Crippen molar-refractivity contribution < 1.29 is 37.4 Å². The number of likely N-dealkylation sites (tertiary alicyclic amines) is 1. The van der Waals surface area contributed by atoms with E-state index in [1.807, 2.05) is 0 Å². The Balaban J connectivity index is 1.63. The quantitative estimate of drug-likeness (QED) is 0.597. The van der Waals surface area contributed by atoms with E-state index in [4.69, 9.17) is 0 Å². The molecule has 0 aromatic heterocycles. The molecule has 190 valence electrons. The number of hydrogen-bond acceptors (Lipinski definition) is 5. The molecule has 0 radical (unpaired) electrons. The Morgan fingerprint density at radius 1 is 1.00 bits per heavy atom. The van der Waals surface area contributed by atoms with Crippen molar-refractivity contribution in [1.82, 2.24) is 10.2 Å². The van der Waals surface area contributed by atoms with Crippen molar-refractivity contribution in [2.75, 3.05) is 0 Å². The summed E-state index contributed by atoms with van der Waals surface area (Å²) in [7, 11) is 0. The van der Waals surface area contributed by atoms with Gasteiger partial charge < -0.3 is 9.84 Å². The second-order valence-electron chi connectivity index (χ2n) is 9.56. The number of carboxylic acid groups (broad SMARTS) is 1. The van der Waals surface area contributed by atoms with E-state index < -0.39 is 53.3 Å². The molecule has 1 saturated carbocycles. The third-order valence-corrected chi connectivity index (χ3v) is 7.55. The van der Waals surface area contributed by atoms with Gasteiger partial charge in [-0.2, -0.15) is 0 Å². The minimum Gasteiger partial charge on any atom is -0.480 e. The third-order valence-electron chi connectivity index (χ3n) is 7.55. The number of halogens is 3. The van der Waals surface area contributed by atoms with Gasteiger partial charge in [-0.1, -0.05) is 61.7 Å². The average Bonchev–Trinajstić information content (AvgIpc) is 3.34. The topological polar surface area (TPSA) is 95.9 Å². The van der Waals surface area contributed by atoms with Crippen molar-refractivity contribution in [2.45, 2.75) is 56.1 Å². The Morgan fingerprint density at radius 3 is 2.33 bits per heavy atom. The van der Waals surface area contributed by atoms with Crippen LogP contribution in [0.2, 0.25) is 0 Å². The van der Waals surface area contributed by atoms with Crippen molar-refractivity contribution in [3.63, 3.8) is 0 Å². The third kappa shape index (κ3) is 3.93. The number of nitrogens with zero attached hydrogens (tertiary/aromatic N) is 1. The number of imide groups is 1. The number of carbonyl (C=O) groups is 3. The fraction of sp³-hybridized carbons (Fsp3) is 0.423. The Bertz CT molecular complexity index is 1180. The van der Waals surface area contributed by atoms with Crippen LogP contribution in [0.4, 0.5) is 13.2 Å². The zero-order valence-electron chi connectivity index (χ0n) is 19.2. The van der Waals surface area contributed by atoms with E-state index in [-0.39, 0.29) is 11.6 Å². The number of fused-ring (bicyclic) bond motifs is 1. The highest BCUT2D eigenvalue weighted by molar-refractivity contribution is 6.10. The van der Waals surface area contributed by atoms with Gasteiger partial charge in [-0.15, -0.1) is 13.2 Å². The summed E-state index contributed by atoms with van der Waals surface area (Å²) in [5, 5.41) is 13.5. The molecule has 5 rings (SSSR count). The average molecular weight is 502 g/mol. The first-order valence-electron chi connectivity index (χ1n) is 11.9. The molecular weight excluding hydrogens is 477 g/mol. The number of ether oxygens (including phenoxy) is 1. The van der Waals surface area contributed by atoms with Gasteiger partial charge in [0.2, 0.25) is 11.8 Å². The Hall–Kier alpha value is -3.40. The predicted molar refractivity (Wildman–Crippen MR) is 120 cm³/mol. The molecule has 0 bridgehead atoms. The van der Waals surface area contributed by atoms with Crippen LogP contribution in [0.5, 0.6) is 5.75 Å². The molecule has 2 heterocycles. The number of hydrogen-bond donors (Lipinski definition) is 2. The molecule has 3 fully saturated rings. The monoisotopic (exact) mass is 502 g/mol. The minimum atomic E-state index is -4.92. The predicted octanol–water partition coefficient (Wildman–Crippen LogP) is 4.14. The lowest BCUT2D eigenvalue weighted by Crippen LogP contribution is -2.54. The zero-order chi connectivity index (χ0) is 25.7. The van der Waals surface area contributed by atoms with Crippen LogP contribution in [-0.4, -0.2) is 40.2 Å². The molecule has 0 spiro atoms. The van der Waals surface area contributed by atoms with Crippen LogP contribution in [0.15, 0.2) is 54.6 Å². The molecule has 2 aromatic carbocycles. The minimum absolute atomic E-state index is 0.234. The lowest BCUT2D eigenvalue weighted by molar-refractivity contribution is -0.274. The van der Waals surface area contributed by atoms with Crippen LogP contribution >= 0.6 is 0 Å². The second kappa shape index (κ2) is 8.92. The lowest BCUT2D eigenvalue weighted by atomic mass is 9.75. The number of nitrogens with one attached hydrogen (secondary N) is 1. The van der Waals surface area contributed by atoms with Gasteiger partial charge in [0.1, 0.15) is 5.75 Å². The van der Waals surface area contributed by atoms with Crippen molar-refractivity contribution in [1.29, 1.82) is 0 Å². The van der Waals surface area contributed by atoms with Gasteiger partial charge in [-0.05, 0) is 36.1 Å². The largest absolute Gasteiger partial charge is 0.573 e. The molecule has 1 aliphatic carbocycles. The molecule has 36 heavy (non-hydrogen) atoms. The van der Waals surface area contributed by atoms with Gasteiger partial charge in [0.15, 0.2) is 5.54 Å². The van der Waals surface area contributed by atoms with Crippen LogP contribution in [0.1, 0.15) is 49.3 Å². The van der Waals surface area contributed by atoms with Gasteiger partial charge in [0.05, 0.1) is 11.8 Å². The molecule has 2 saturated heterocycles. The molecule has 7 nitrogen and oxygen atoms in total. The van der Waals surface area contributed by atoms with Gasteiger partial charge in [0, 0.05) is 12.1 Å². The number of amides is 2. The smallest absolute Gasteiger partial charge is 0.480 e. The van der Waals surface area contributed by atoms with Crippen LogP contribution < -0.4 is 10.1 Å². The summed E-state index contributed by atoms with van der Waals surface area (Å²) in [6, 6.07) is 11.9. The number of alkyl halides is 3. The summed E-state index contributed by atoms with van der Waals surface area (Å²) in [5.74, 6) is -5.23. The highest BCUT2D eigenvalue weighted by Crippen LogP contribution is 2.54. The number of rotatable bonds is 5. The van der Waals surface area contributed by atoms with E-state index in [1.165, 1.54) is 17.0 Å². The summed E-state index contributed by atoms with van der Waals surface area (Å²) in [6.45, 7) is 0. The van der Waals surface area contributed by atoms with E-state index in [2.05, 4.69) is 10.1 Å². The maximum absolute atomic E-state index is 13.8. The molecule has 4 unspecified atom stereocenters. The zero-order valence-corrected chi connectivity index (χ0v) is 19.2. The maximum Gasteiger partial charge on any atom is 0.573 e. The number of aliphatic carboxylic acids is 1. The first-order valence-corrected chi connectivity index (χ1v) is 11.9. The summed E-state index contributed by atoms with van der Waals surface area (Å²) in [5.41, 5.74) is -1.41. The summed E-state index contributed by atoms with van der Waals surface area (Å²) < 4.78 is 42.6. The van der Waals surface area contributed by atoms with Crippen molar-refractivity contribution in [3.8, 4) is 5.75 Å². The van der Waals surface area contributed by atoms with E-state index in [1.54, 1.807) is 30.3 Å². The van der Waals surface area contributed by atoms with Gasteiger partial charge in [-0.25, -0.2) is 4.79 Å². The van der Waals surface area contributed by atoms with Crippen molar-refractivity contribution >= 4 is 17.8 Å². The number of carboxylic acids is 1. The summed E-state index contributed by atoms with van der Waals surface area (Å²) in [4.78, 5) is 41.8. The van der Waals surface area contributed by atoms with Crippen molar-refractivity contribution in [3.05, 3.63) is 65.7 Å². The maximum atomic E-state index is 13.8. The van der Waals surface area contributed by atoms with Gasteiger partial charge in [0.25, 0.3) is 0 Å². The SMILES string of the molecule is O=C1C2C(c3cccc(OC(F)(F)F)c3)NC(C(=O)O)(c3ccccc3)C2C(=O)N1C1CCCCC1. The highest BCUT2D eigenvalue weighted by Gasteiger charge is 2.69. The van der Waals surface area contributed by atoms with E-state index in [0.717, 1.165) is 31.4 Å². The van der Waals surface area contributed by atoms with E-state index >= 15 is 0 Å². The molecule has 10 heteroatoms. The Morgan fingerprint density at radius 2 is 1.69 bits per heavy atom. The van der Waals surface area contributed by atoms with Gasteiger partial charge in [-0.3, -0.25) is 19.8 Å². The Labute approximate surface area is 205 Å². The lowest BCUT2D eigenvalue weighted by Gasteiger charge is -2.34. The van der Waals surface area contributed by atoms with E-state index in [0.29, 0.717) is 18.4 Å².